The van der Waals surface area contributed by atoms with E-state index >= 15 is 0 Å². The van der Waals surface area contributed by atoms with Gasteiger partial charge in [0.1, 0.15) is 5.58 Å². The molecule has 2 rings (SSSR count). The Morgan fingerprint density at radius 1 is 1.47 bits per heavy atom. The number of aliphatic carboxylic acids is 1. The average Bonchev–Trinajstić information content (AvgIpc) is 2.62. The van der Waals surface area contributed by atoms with Crippen LogP contribution in [0.3, 0.4) is 0 Å². The van der Waals surface area contributed by atoms with Crippen molar-refractivity contribution in [2.75, 3.05) is 0 Å². The Morgan fingerprint density at radius 3 is 2.82 bits per heavy atom. The highest BCUT2D eigenvalue weighted by Gasteiger charge is 2.29. The van der Waals surface area contributed by atoms with E-state index < -0.39 is 11.4 Å². The third-order valence-corrected chi connectivity index (χ3v) is 3.50. The zero-order valence-corrected chi connectivity index (χ0v) is 11.2. The number of rotatable bonds is 3. The molecular formula is C13H13BrO3. The van der Waals surface area contributed by atoms with Crippen LogP contribution < -0.4 is 0 Å². The van der Waals surface area contributed by atoms with E-state index in [2.05, 4.69) is 15.9 Å². The zero-order valence-electron chi connectivity index (χ0n) is 9.66. The molecule has 0 bridgehead atoms. The number of carboxylic acids is 1. The highest BCUT2D eigenvalue weighted by Crippen LogP contribution is 2.33. The minimum atomic E-state index is -0.807. The number of benzene rings is 1. The van der Waals surface area contributed by atoms with Gasteiger partial charge in [-0.25, -0.2) is 0 Å². The molecule has 0 saturated carbocycles. The van der Waals surface area contributed by atoms with Gasteiger partial charge in [-0.15, -0.1) is 0 Å². The van der Waals surface area contributed by atoms with Crippen LogP contribution in [0.2, 0.25) is 0 Å². The normalized spacial score (nSPS) is 11.9. The third kappa shape index (κ3) is 2.22. The average molecular weight is 297 g/mol. The minimum absolute atomic E-state index is 0.442. The molecule has 0 aliphatic rings. The van der Waals surface area contributed by atoms with Crippen molar-refractivity contribution in [3.63, 3.8) is 0 Å². The summed E-state index contributed by atoms with van der Waals surface area (Å²) in [5.41, 5.74) is 0.891. The molecule has 0 saturated heterocycles. The molecular weight excluding hydrogens is 284 g/mol. The van der Waals surface area contributed by atoms with E-state index in [0.29, 0.717) is 6.42 Å². The molecule has 1 heterocycles. The molecule has 0 amide bonds. The van der Waals surface area contributed by atoms with Crippen LogP contribution in [0.4, 0.5) is 0 Å². The molecule has 1 N–H and O–H groups in total. The van der Waals surface area contributed by atoms with Crippen molar-refractivity contribution in [2.45, 2.75) is 20.3 Å². The highest BCUT2D eigenvalue weighted by molar-refractivity contribution is 9.10. The van der Waals surface area contributed by atoms with Gasteiger partial charge in [-0.3, -0.25) is 4.79 Å². The predicted molar refractivity (Wildman–Crippen MR) is 69.0 cm³/mol. The molecule has 0 radical (unpaired) electrons. The molecule has 0 aliphatic carbocycles. The first-order valence-electron chi connectivity index (χ1n) is 5.30. The number of furan rings is 1. The van der Waals surface area contributed by atoms with Gasteiger partial charge >= 0.3 is 5.97 Å². The lowest BCUT2D eigenvalue weighted by Crippen LogP contribution is -2.26. The van der Waals surface area contributed by atoms with Crippen LogP contribution >= 0.6 is 15.9 Å². The lowest BCUT2D eigenvalue weighted by Gasteiger charge is -2.18. The van der Waals surface area contributed by atoms with E-state index in [4.69, 9.17) is 9.52 Å². The standard InChI is InChI=1S/C13H13BrO3/c1-13(2,12(15)16)6-8-7-17-10-5-3-4-9(14)11(8)10/h3-5,7H,6H2,1-2H3,(H,15,16). The maximum atomic E-state index is 11.1. The van der Waals surface area contributed by atoms with Gasteiger partial charge in [-0.05, 0) is 32.4 Å². The van der Waals surface area contributed by atoms with Crippen LogP contribution in [-0.4, -0.2) is 11.1 Å². The summed E-state index contributed by atoms with van der Waals surface area (Å²) in [5.74, 6) is -0.807. The summed E-state index contributed by atoms with van der Waals surface area (Å²) in [6, 6.07) is 5.69. The Labute approximate surface area is 108 Å². The van der Waals surface area contributed by atoms with Crippen LogP contribution in [0, 0.1) is 5.41 Å². The van der Waals surface area contributed by atoms with E-state index in [9.17, 15) is 4.79 Å². The second-order valence-electron chi connectivity index (χ2n) is 4.74. The Morgan fingerprint density at radius 2 is 2.18 bits per heavy atom. The van der Waals surface area contributed by atoms with Crippen molar-refractivity contribution >= 4 is 32.9 Å². The lowest BCUT2D eigenvalue weighted by atomic mass is 9.86. The van der Waals surface area contributed by atoms with Crippen molar-refractivity contribution in [2.24, 2.45) is 5.41 Å². The van der Waals surface area contributed by atoms with Gasteiger partial charge in [-0.2, -0.15) is 0 Å². The van der Waals surface area contributed by atoms with Crippen LogP contribution in [0.5, 0.6) is 0 Å². The summed E-state index contributed by atoms with van der Waals surface area (Å²) in [4.78, 5) is 11.1. The van der Waals surface area contributed by atoms with Crippen molar-refractivity contribution < 1.29 is 14.3 Å². The Balaban J connectivity index is 2.47. The highest BCUT2D eigenvalue weighted by atomic mass is 79.9. The predicted octanol–water partition coefficient (Wildman–Crippen LogP) is 3.85. The number of halogens is 1. The summed E-state index contributed by atoms with van der Waals surface area (Å²) in [7, 11) is 0. The molecule has 0 aliphatic heterocycles. The summed E-state index contributed by atoms with van der Waals surface area (Å²) < 4.78 is 6.36. The summed E-state index contributed by atoms with van der Waals surface area (Å²) in [6.07, 6.45) is 2.08. The van der Waals surface area contributed by atoms with Crippen LogP contribution in [0.25, 0.3) is 11.0 Å². The zero-order chi connectivity index (χ0) is 12.6. The van der Waals surface area contributed by atoms with Crippen LogP contribution in [0.1, 0.15) is 19.4 Å². The Kier molecular flexibility index (Phi) is 3.00. The molecule has 0 unspecified atom stereocenters. The molecule has 3 nitrogen and oxygen atoms in total. The Bertz CT molecular complexity index is 569. The fraction of sp³-hybridized carbons (Fsp3) is 0.308. The summed E-state index contributed by atoms with van der Waals surface area (Å²) in [6.45, 7) is 3.43. The summed E-state index contributed by atoms with van der Waals surface area (Å²) in [5, 5.41) is 10.1. The van der Waals surface area contributed by atoms with Gasteiger partial charge in [0.05, 0.1) is 11.7 Å². The fourth-order valence-electron chi connectivity index (χ4n) is 1.79. The number of fused-ring (bicyclic) bond motifs is 1. The van der Waals surface area contributed by atoms with Crippen LogP contribution in [-0.2, 0) is 11.2 Å². The molecule has 0 atom stereocenters. The van der Waals surface area contributed by atoms with Gasteiger partial charge < -0.3 is 9.52 Å². The van der Waals surface area contributed by atoms with Crippen molar-refractivity contribution in [1.29, 1.82) is 0 Å². The largest absolute Gasteiger partial charge is 0.481 e. The third-order valence-electron chi connectivity index (χ3n) is 2.84. The molecule has 90 valence electrons. The molecule has 4 heteroatoms. The van der Waals surface area contributed by atoms with Gasteiger partial charge in [0.15, 0.2) is 0 Å². The molecule has 0 fully saturated rings. The van der Waals surface area contributed by atoms with Gasteiger partial charge in [-0.1, -0.05) is 22.0 Å². The van der Waals surface area contributed by atoms with Crippen LogP contribution in [0.15, 0.2) is 33.4 Å². The number of hydrogen-bond donors (Lipinski definition) is 1. The van der Waals surface area contributed by atoms with E-state index in [-0.39, 0.29) is 0 Å². The first kappa shape index (κ1) is 12.2. The second-order valence-corrected chi connectivity index (χ2v) is 5.59. The number of carbonyl (C=O) groups is 1. The minimum Gasteiger partial charge on any atom is -0.481 e. The lowest BCUT2D eigenvalue weighted by molar-refractivity contribution is -0.146. The van der Waals surface area contributed by atoms with Crippen molar-refractivity contribution in [3.8, 4) is 0 Å². The maximum absolute atomic E-state index is 11.1. The quantitative estimate of drug-likeness (QED) is 0.936. The molecule has 17 heavy (non-hydrogen) atoms. The fourth-order valence-corrected chi connectivity index (χ4v) is 2.39. The first-order valence-corrected chi connectivity index (χ1v) is 6.09. The monoisotopic (exact) mass is 296 g/mol. The van der Waals surface area contributed by atoms with Gasteiger partial charge in [0, 0.05) is 15.4 Å². The molecule has 0 spiro atoms. The molecule has 1 aromatic carbocycles. The summed E-state index contributed by atoms with van der Waals surface area (Å²) >= 11 is 3.46. The number of carboxylic acid groups (broad SMARTS) is 1. The number of hydrogen-bond acceptors (Lipinski definition) is 2. The topological polar surface area (TPSA) is 50.4 Å². The van der Waals surface area contributed by atoms with E-state index in [1.807, 2.05) is 18.2 Å². The SMILES string of the molecule is CC(C)(Cc1coc2cccc(Br)c12)C(=O)O. The van der Waals surface area contributed by atoms with Gasteiger partial charge in [0.2, 0.25) is 0 Å². The second kappa shape index (κ2) is 4.18. The van der Waals surface area contributed by atoms with E-state index in [0.717, 1.165) is 21.0 Å². The van der Waals surface area contributed by atoms with E-state index in [1.165, 1.54) is 0 Å². The smallest absolute Gasteiger partial charge is 0.309 e. The maximum Gasteiger partial charge on any atom is 0.309 e. The molecule has 1 aromatic heterocycles. The first-order chi connectivity index (χ1) is 7.92. The Hall–Kier alpha value is -1.29. The van der Waals surface area contributed by atoms with Crippen molar-refractivity contribution in [1.82, 2.24) is 0 Å². The van der Waals surface area contributed by atoms with E-state index in [1.54, 1.807) is 20.1 Å². The molecule has 2 aromatic rings. The van der Waals surface area contributed by atoms with Crippen molar-refractivity contribution in [3.05, 3.63) is 34.5 Å². The van der Waals surface area contributed by atoms with Gasteiger partial charge in [0.25, 0.3) is 0 Å².